The van der Waals surface area contributed by atoms with Crippen LogP contribution < -0.4 is 14.8 Å². The van der Waals surface area contributed by atoms with Gasteiger partial charge in [0.25, 0.3) is 5.91 Å². The van der Waals surface area contributed by atoms with Crippen molar-refractivity contribution in [3.8, 4) is 11.5 Å². The summed E-state index contributed by atoms with van der Waals surface area (Å²) in [6.07, 6.45) is 4.00. The van der Waals surface area contributed by atoms with Crippen molar-refractivity contribution in [2.45, 2.75) is 26.2 Å². The monoisotopic (exact) mass is 341 g/mol. The Balaban J connectivity index is 1.58. The van der Waals surface area contributed by atoms with Gasteiger partial charge in [0.05, 0.1) is 19.3 Å². The molecule has 0 saturated carbocycles. The fraction of sp³-hybridized carbons (Fsp3) is 0.421. The Bertz CT molecular complexity index is 744. The molecule has 1 N–H and O–H groups in total. The van der Waals surface area contributed by atoms with E-state index in [9.17, 15) is 4.79 Å². The molecule has 0 aliphatic carbocycles. The van der Waals surface area contributed by atoms with Crippen molar-refractivity contribution in [3.63, 3.8) is 0 Å². The molecular formula is C19H23N3O3. The molecule has 6 nitrogen and oxygen atoms in total. The van der Waals surface area contributed by atoms with E-state index in [1.807, 2.05) is 32.0 Å². The summed E-state index contributed by atoms with van der Waals surface area (Å²) in [6, 6.07) is 5.88. The number of hydrogen-bond donors (Lipinski definition) is 1. The fourth-order valence-corrected chi connectivity index (χ4v) is 2.84. The number of nitrogens with zero attached hydrogens (tertiary/aromatic N) is 2. The molecular weight excluding hydrogens is 318 g/mol. The maximum absolute atomic E-state index is 12.3. The first-order valence-corrected chi connectivity index (χ1v) is 8.47. The Morgan fingerprint density at radius 1 is 1.36 bits per heavy atom. The maximum Gasteiger partial charge on any atom is 0.254 e. The highest BCUT2D eigenvalue weighted by Gasteiger charge is 2.23. The molecule has 1 aromatic carbocycles. The van der Waals surface area contributed by atoms with Gasteiger partial charge in [-0.2, -0.15) is 0 Å². The van der Waals surface area contributed by atoms with Gasteiger partial charge in [-0.1, -0.05) is 26.0 Å². The Kier molecular flexibility index (Phi) is 5.16. The van der Waals surface area contributed by atoms with Gasteiger partial charge in [0.1, 0.15) is 5.82 Å². The number of methoxy groups -OCH3 is 1. The molecule has 1 amide bonds. The highest BCUT2D eigenvalue weighted by Crippen LogP contribution is 2.35. The van der Waals surface area contributed by atoms with Gasteiger partial charge in [0, 0.05) is 30.8 Å². The van der Waals surface area contributed by atoms with E-state index in [4.69, 9.17) is 9.47 Å². The zero-order chi connectivity index (χ0) is 17.8. The molecule has 1 aliphatic heterocycles. The van der Waals surface area contributed by atoms with Gasteiger partial charge in [0.2, 0.25) is 0 Å². The number of para-hydroxylation sites is 1. The Morgan fingerprint density at radius 2 is 2.12 bits per heavy atom. The number of rotatable bonds is 5. The summed E-state index contributed by atoms with van der Waals surface area (Å²) in [5.41, 5.74) is 1.58. The number of amides is 1. The van der Waals surface area contributed by atoms with Crippen LogP contribution in [0.1, 0.15) is 41.5 Å². The maximum atomic E-state index is 12.3. The van der Waals surface area contributed by atoms with Gasteiger partial charge in [-0.05, 0) is 18.1 Å². The Hall–Kier alpha value is -2.63. The molecule has 0 radical (unpaired) electrons. The molecule has 1 aliphatic rings. The second-order valence-corrected chi connectivity index (χ2v) is 6.52. The minimum atomic E-state index is -0.160. The van der Waals surface area contributed by atoms with Crippen molar-refractivity contribution < 1.29 is 14.3 Å². The molecule has 6 heteroatoms. The van der Waals surface area contributed by atoms with E-state index in [-0.39, 0.29) is 17.7 Å². The normalized spacial score (nSPS) is 16.1. The van der Waals surface area contributed by atoms with Crippen LogP contribution in [0.3, 0.4) is 0 Å². The topological polar surface area (TPSA) is 73.3 Å². The van der Waals surface area contributed by atoms with Crippen LogP contribution in [0.2, 0.25) is 0 Å². The van der Waals surface area contributed by atoms with E-state index < -0.39 is 0 Å². The van der Waals surface area contributed by atoms with Crippen molar-refractivity contribution in [1.29, 1.82) is 0 Å². The fourth-order valence-electron chi connectivity index (χ4n) is 2.84. The third kappa shape index (κ3) is 3.90. The molecule has 0 fully saturated rings. The summed E-state index contributed by atoms with van der Waals surface area (Å²) in [5, 5.41) is 2.95. The predicted octanol–water partition coefficient (Wildman–Crippen LogP) is 2.59. The van der Waals surface area contributed by atoms with Gasteiger partial charge in [0.15, 0.2) is 11.5 Å². The second kappa shape index (κ2) is 7.51. The molecule has 3 rings (SSSR count). The second-order valence-electron chi connectivity index (χ2n) is 6.52. The lowest BCUT2D eigenvalue weighted by molar-refractivity contribution is 0.0937. The van der Waals surface area contributed by atoms with Crippen molar-refractivity contribution in [2.24, 2.45) is 5.92 Å². The standard InChI is InChI=1S/C19H23N3O3/c1-12(2)18-20-9-15(10-21-18)19(23)22-8-13-7-14-5-4-6-16(24-3)17(14)25-11-13/h4-6,9-10,12-13H,7-8,11H2,1-3H3,(H,22,23)/t13-/m0/s1. The molecule has 0 saturated heterocycles. The first-order valence-electron chi connectivity index (χ1n) is 8.47. The van der Waals surface area contributed by atoms with E-state index in [0.717, 1.165) is 29.3 Å². The molecule has 0 bridgehead atoms. The van der Waals surface area contributed by atoms with Gasteiger partial charge in [-0.15, -0.1) is 0 Å². The van der Waals surface area contributed by atoms with Crippen molar-refractivity contribution in [1.82, 2.24) is 15.3 Å². The SMILES string of the molecule is COc1cccc2c1OC[C@H](CNC(=O)c1cnc(C(C)C)nc1)C2. The summed E-state index contributed by atoms with van der Waals surface area (Å²) >= 11 is 0. The summed E-state index contributed by atoms with van der Waals surface area (Å²) in [6.45, 7) is 5.13. The number of benzene rings is 1. The Labute approximate surface area is 147 Å². The summed E-state index contributed by atoms with van der Waals surface area (Å²) in [7, 11) is 1.64. The van der Waals surface area contributed by atoms with Gasteiger partial charge in [-0.3, -0.25) is 4.79 Å². The van der Waals surface area contributed by atoms with Gasteiger partial charge < -0.3 is 14.8 Å². The van der Waals surface area contributed by atoms with Crippen LogP contribution in [0.15, 0.2) is 30.6 Å². The molecule has 1 aromatic heterocycles. The number of carbonyl (C=O) groups excluding carboxylic acids is 1. The van der Waals surface area contributed by atoms with Crippen LogP contribution in [0.4, 0.5) is 0 Å². The lowest BCUT2D eigenvalue weighted by atomic mass is 9.96. The minimum Gasteiger partial charge on any atom is -0.493 e. The highest BCUT2D eigenvalue weighted by molar-refractivity contribution is 5.93. The molecule has 0 unspecified atom stereocenters. The van der Waals surface area contributed by atoms with E-state index in [1.165, 1.54) is 0 Å². The van der Waals surface area contributed by atoms with Crippen LogP contribution in [0, 0.1) is 5.92 Å². The summed E-state index contributed by atoms with van der Waals surface area (Å²) in [5.74, 6) is 2.61. The van der Waals surface area contributed by atoms with Crippen LogP contribution >= 0.6 is 0 Å². The zero-order valence-corrected chi connectivity index (χ0v) is 14.8. The number of aromatic nitrogens is 2. The third-order valence-corrected chi connectivity index (χ3v) is 4.25. The van der Waals surface area contributed by atoms with Crippen LogP contribution in [-0.4, -0.2) is 36.1 Å². The summed E-state index contributed by atoms with van der Waals surface area (Å²) < 4.78 is 11.2. The first-order chi connectivity index (χ1) is 12.1. The molecule has 0 spiro atoms. The zero-order valence-electron chi connectivity index (χ0n) is 14.8. The average molecular weight is 341 g/mol. The number of carbonyl (C=O) groups is 1. The number of ether oxygens (including phenoxy) is 2. The molecule has 132 valence electrons. The smallest absolute Gasteiger partial charge is 0.254 e. The first kappa shape index (κ1) is 17.2. The van der Waals surface area contributed by atoms with Crippen molar-refractivity contribution >= 4 is 5.91 Å². The highest BCUT2D eigenvalue weighted by atomic mass is 16.5. The van der Waals surface area contributed by atoms with Crippen LogP contribution in [-0.2, 0) is 6.42 Å². The van der Waals surface area contributed by atoms with E-state index in [0.29, 0.717) is 18.7 Å². The third-order valence-electron chi connectivity index (χ3n) is 4.25. The molecule has 1 atom stereocenters. The quantitative estimate of drug-likeness (QED) is 0.905. The van der Waals surface area contributed by atoms with Crippen molar-refractivity contribution in [2.75, 3.05) is 20.3 Å². The van der Waals surface area contributed by atoms with Gasteiger partial charge in [-0.25, -0.2) is 9.97 Å². The molecule has 25 heavy (non-hydrogen) atoms. The minimum absolute atomic E-state index is 0.160. The molecule has 2 heterocycles. The predicted molar refractivity (Wildman–Crippen MR) is 94.1 cm³/mol. The lowest BCUT2D eigenvalue weighted by Crippen LogP contribution is -2.35. The van der Waals surface area contributed by atoms with E-state index in [2.05, 4.69) is 15.3 Å². The summed E-state index contributed by atoms with van der Waals surface area (Å²) in [4.78, 5) is 20.7. The van der Waals surface area contributed by atoms with Crippen LogP contribution in [0.25, 0.3) is 0 Å². The lowest BCUT2D eigenvalue weighted by Gasteiger charge is -2.26. The number of hydrogen-bond acceptors (Lipinski definition) is 5. The molecule has 2 aromatic rings. The largest absolute Gasteiger partial charge is 0.493 e. The van der Waals surface area contributed by atoms with Crippen LogP contribution in [0.5, 0.6) is 11.5 Å². The van der Waals surface area contributed by atoms with Gasteiger partial charge >= 0.3 is 0 Å². The number of fused-ring (bicyclic) bond motifs is 1. The Morgan fingerprint density at radius 3 is 2.80 bits per heavy atom. The average Bonchev–Trinajstić information content (AvgIpc) is 2.65. The van der Waals surface area contributed by atoms with Crippen molar-refractivity contribution in [3.05, 3.63) is 47.5 Å². The van der Waals surface area contributed by atoms with E-state index >= 15 is 0 Å². The van der Waals surface area contributed by atoms with E-state index in [1.54, 1.807) is 19.5 Å². The number of nitrogens with one attached hydrogen (secondary N) is 1.